The Labute approximate surface area is 183 Å². The summed E-state index contributed by atoms with van der Waals surface area (Å²) in [5, 5.41) is 8.23. The Morgan fingerprint density at radius 3 is 2.50 bits per heavy atom. The number of amides is 2. The minimum Gasteiger partial charge on any atom is -0.449 e. The lowest BCUT2D eigenvalue weighted by atomic mass is 10.2. The Morgan fingerprint density at radius 2 is 1.91 bits per heavy atom. The van der Waals surface area contributed by atoms with Crippen molar-refractivity contribution in [3.8, 4) is 5.82 Å². The van der Waals surface area contributed by atoms with Gasteiger partial charge >= 0.3 is 12.1 Å². The van der Waals surface area contributed by atoms with E-state index in [0.717, 1.165) is 29.7 Å². The number of nitrogens with one attached hydrogen (secondary N) is 1. The lowest BCUT2D eigenvalue weighted by molar-refractivity contribution is -0.137. The molecular weight excluding hydrogens is 451 g/mol. The number of aromatic nitrogens is 3. The smallest absolute Gasteiger partial charge is 0.417 e. The van der Waals surface area contributed by atoms with Crippen molar-refractivity contribution in [2.75, 3.05) is 5.32 Å². The molecule has 0 spiro atoms. The summed E-state index contributed by atoms with van der Waals surface area (Å²) < 4.78 is 44.4. The van der Waals surface area contributed by atoms with E-state index in [4.69, 9.17) is 10.5 Å². The van der Waals surface area contributed by atoms with E-state index >= 15 is 0 Å². The van der Waals surface area contributed by atoms with Crippen molar-refractivity contribution >= 4 is 34.1 Å². The van der Waals surface area contributed by atoms with Gasteiger partial charge < -0.3 is 15.8 Å². The molecule has 0 bridgehead atoms. The molecule has 3 rings (SSSR count). The molecule has 3 N–H and O–H groups in total. The van der Waals surface area contributed by atoms with Crippen molar-refractivity contribution in [1.82, 2.24) is 14.8 Å². The van der Waals surface area contributed by atoms with Crippen LogP contribution >= 0.6 is 11.3 Å². The largest absolute Gasteiger partial charge is 0.449 e. The molecule has 1 unspecified atom stereocenters. The summed E-state index contributed by atoms with van der Waals surface area (Å²) in [6.45, 7) is 2.83. The van der Waals surface area contributed by atoms with Crippen molar-refractivity contribution in [1.29, 1.82) is 0 Å². The second-order valence-electron chi connectivity index (χ2n) is 6.52. The Balaban J connectivity index is 1.70. The fourth-order valence-electron chi connectivity index (χ4n) is 2.61. The van der Waals surface area contributed by atoms with Crippen LogP contribution in [0.3, 0.4) is 0 Å². The van der Waals surface area contributed by atoms with Crippen LogP contribution in [0, 0.1) is 6.92 Å². The van der Waals surface area contributed by atoms with Crippen LogP contribution in [0.1, 0.15) is 38.9 Å². The zero-order valence-electron chi connectivity index (χ0n) is 16.6. The van der Waals surface area contributed by atoms with Crippen LogP contribution in [0.25, 0.3) is 5.82 Å². The monoisotopic (exact) mass is 467 g/mol. The van der Waals surface area contributed by atoms with E-state index in [9.17, 15) is 27.6 Å². The lowest BCUT2D eigenvalue weighted by Gasteiger charge is -2.13. The van der Waals surface area contributed by atoms with Crippen LogP contribution in [-0.2, 0) is 15.7 Å². The van der Waals surface area contributed by atoms with Gasteiger partial charge in [0.2, 0.25) is 0 Å². The van der Waals surface area contributed by atoms with Gasteiger partial charge in [-0.25, -0.2) is 14.5 Å². The third-order valence-electron chi connectivity index (χ3n) is 4.34. The van der Waals surface area contributed by atoms with Crippen LogP contribution in [0.2, 0.25) is 0 Å². The van der Waals surface area contributed by atoms with Crippen LogP contribution < -0.4 is 11.1 Å². The highest BCUT2D eigenvalue weighted by Crippen LogP contribution is 2.29. The molecular formula is C19H16F3N5O4S. The number of hydrogen-bond donors (Lipinski definition) is 2. The summed E-state index contributed by atoms with van der Waals surface area (Å²) in [5.41, 5.74) is 4.69. The van der Waals surface area contributed by atoms with Gasteiger partial charge in [-0.1, -0.05) is 0 Å². The quantitative estimate of drug-likeness (QED) is 0.537. The molecule has 13 heteroatoms. The van der Waals surface area contributed by atoms with E-state index in [1.54, 1.807) is 5.38 Å². The Hall–Kier alpha value is -3.74. The first-order valence-electron chi connectivity index (χ1n) is 8.96. The fraction of sp³-hybridized carbons (Fsp3) is 0.211. The number of anilines is 1. The van der Waals surface area contributed by atoms with Gasteiger partial charge in [0.1, 0.15) is 10.6 Å². The first-order chi connectivity index (χ1) is 15.0. The standard InChI is InChI=1S/C19H16F3N5O4S/c1-9-13(8-25-27(9)14-4-3-11(7-24-14)19(20,21)22)18(30)31-10(2)16(29)26-17-12(15(23)28)5-6-32-17/h3-8,10H,1-2H3,(H2,23,28)(H,26,29). The Morgan fingerprint density at radius 1 is 1.19 bits per heavy atom. The predicted octanol–water partition coefficient (Wildman–Crippen LogP) is 2.94. The molecule has 0 aliphatic carbocycles. The van der Waals surface area contributed by atoms with Gasteiger partial charge in [0.25, 0.3) is 11.8 Å². The highest BCUT2D eigenvalue weighted by molar-refractivity contribution is 7.14. The highest BCUT2D eigenvalue weighted by atomic mass is 32.1. The third-order valence-corrected chi connectivity index (χ3v) is 5.17. The topological polar surface area (TPSA) is 129 Å². The van der Waals surface area contributed by atoms with Crippen molar-refractivity contribution in [2.24, 2.45) is 5.73 Å². The van der Waals surface area contributed by atoms with Crippen LogP contribution in [0.4, 0.5) is 18.2 Å². The van der Waals surface area contributed by atoms with Crippen molar-refractivity contribution in [3.63, 3.8) is 0 Å². The molecule has 0 aliphatic rings. The molecule has 0 radical (unpaired) electrons. The number of hydrogen-bond acceptors (Lipinski definition) is 7. The zero-order chi connectivity index (χ0) is 23.6. The van der Waals surface area contributed by atoms with Crippen LogP contribution in [0.15, 0.2) is 36.0 Å². The molecule has 9 nitrogen and oxygen atoms in total. The molecule has 3 heterocycles. The second-order valence-corrected chi connectivity index (χ2v) is 7.44. The number of carbonyl (C=O) groups is 3. The van der Waals surface area contributed by atoms with E-state index in [0.29, 0.717) is 6.20 Å². The summed E-state index contributed by atoms with van der Waals surface area (Å²) in [7, 11) is 0. The van der Waals surface area contributed by atoms with Crippen LogP contribution in [-0.4, -0.2) is 38.7 Å². The predicted molar refractivity (Wildman–Crippen MR) is 107 cm³/mol. The molecule has 0 aliphatic heterocycles. The van der Waals surface area contributed by atoms with Crippen molar-refractivity contribution in [3.05, 3.63) is 58.4 Å². The molecule has 3 aromatic heterocycles. The van der Waals surface area contributed by atoms with E-state index in [1.165, 1.54) is 24.6 Å². The van der Waals surface area contributed by atoms with Gasteiger partial charge in [-0.2, -0.15) is 18.3 Å². The molecule has 32 heavy (non-hydrogen) atoms. The minimum atomic E-state index is -4.53. The SMILES string of the molecule is Cc1c(C(=O)OC(C)C(=O)Nc2sccc2C(N)=O)cnn1-c1ccc(C(F)(F)F)cn1. The summed E-state index contributed by atoms with van der Waals surface area (Å²) in [4.78, 5) is 39.9. The first kappa shape index (κ1) is 22.9. The highest BCUT2D eigenvalue weighted by Gasteiger charge is 2.31. The normalized spacial score (nSPS) is 12.3. The number of nitrogens with two attached hydrogens (primary N) is 1. The Bertz CT molecular complexity index is 1170. The van der Waals surface area contributed by atoms with E-state index in [-0.39, 0.29) is 27.6 Å². The van der Waals surface area contributed by atoms with Gasteiger partial charge in [0.05, 0.1) is 23.0 Å². The van der Waals surface area contributed by atoms with Gasteiger partial charge in [-0.05, 0) is 37.4 Å². The average molecular weight is 467 g/mol. The molecule has 0 fully saturated rings. The number of alkyl halides is 3. The third kappa shape index (κ3) is 4.77. The number of thiophene rings is 1. The molecule has 2 amide bonds. The lowest BCUT2D eigenvalue weighted by Crippen LogP contribution is -2.30. The van der Waals surface area contributed by atoms with Crippen molar-refractivity contribution in [2.45, 2.75) is 26.1 Å². The minimum absolute atomic E-state index is 0.000275. The average Bonchev–Trinajstić information content (AvgIpc) is 3.34. The summed E-state index contributed by atoms with van der Waals surface area (Å²) >= 11 is 1.08. The van der Waals surface area contributed by atoms with Gasteiger partial charge in [-0.3, -0.25) is 9.59 Å². The maximum atomic E-state index is 12.7. The number of ether oxygens (including phenoxy) is 1. The van der Waals surface area contributed by atoms with Gasteiger partial charge in [0, 0.05) is 6.20 Å². The summed E-state index contributed by atoms with van der Waals surface area (Å²) in [6.07, 6.45) is -3.94. The number of nitrogens with zero attached hydrogens (tertiary/aromatic N) is 3. The fourth-order valence-corrected chi connectivity index (χ4v) is 3.41. The zero-order valence-corrected chi connectivity index (χ0v) is 17.5. The molecule has 168 valence electrons. The Kier molecular flexibility index (Phi) is 6.30. The van der Waals surface area contributed by atoms with Crippen molar-refractivity contribution < 1.29 is 32.3 Å². The molecule has 0 aromatic carbocycles. The maximum Gasteiger partial charge on any atom is 0.417 e. The number of carbonyl (C=O) groups excluding carboxylic acids is 3. The summed E-state index contributed by atoms with van der Waals surface area (Å²) in [6, 6.07) is 3.41. The second kappa shape index (κ2) is 8.78. The number of rotatable bonds is 6. The van der Waals surface area contributed by atoms with E-state index in [1.807, 2.05) is 0 Å². The van der Waals surface area contributed by atoms with E-state index in [2.05, 4.69) is 15.4 Å². The number of primary amides is 1. The van der Waals surface area contributed by atoms with Crippen LogP contribution in [0.5, 0.6) is 0 Å². The maximum absolute atomic E-state index is 12.7. The summed E-state index contributed by atoms with van der Waals surface area (Å²) in [5.74, 6) is -2.20. The molecule has 3 aromatic rings. The number of esters is 1. The van der Waals surface area contributed by atoms with E-state index < -0.39 is 35.6 Å². The molecule has 1 atom stereocenters. The molecule has 0 saturated heterocycles. The first-order valence-corrected chi connectivity index (χ1v) is 9.84. The van der Waals surface area contributed by atoms with Gasteiger partial charge in [-0.15, -0.1) is 11.3 Å². The van der Waals surface area contributed by atoms with Gasteiger partial charge in [0.15, 0.2) is 11.9 Å². The number of halogens is 3. The molecule has 0 saturated carbocycles. The number of pyridine rings is 1.